The molecule has 42 heavy (non-hydrogen) atoms. The average Bonchev–Trinajstić information content (AvgIpc) is 3.57. The van der Waals surface area contributed by atoms with Gasteiger partial charge in [0.15, 0.2) is 0 Å². The van der Waals surface area contributed by atoms with Crippen molar-refractivity contribution in [2.75, 3.05) is 0 Å². The van der Waals surface area contributed by atoms with Crippen LogP contribution < -0.4 is 0 Å². The zero-order chi connectivity index (χ0) is 28.2. The molecule has 8 aromatic rings. The van der Waals surface area contributed by atoms with Gasteiger partial charge in [-0.3, -0.25) is 0 Å². The van der Waals surface area contributed by atoms with Crippen LogP contribution in [-0.2, 0) is 0 Å². The highest BCUT2D eigenvalue weighted by Gasteiger charge is 2.18. The number of rotatable bonds is 3. The van der Waals surface area contributed by atoms with Crippen LogP contribution in [0.1, 0.15) is 11.1 Å². The Hall–Kier alpha value is -6.10. The molecule has 0 spiro atoms. The maximum atomic E-state index is 9.67. The summed E-state index contributed by atoms with van der Waals surface area (Å²) in [5.74, 6) is 0. The van der Waals surface area contributed by atoms with Gasteiger partial charge in [0.25, 0.3) is 0 Å². The number of aromatic nitrogens is 2. The van der Waals surface area contributed by atoms with Crippen LogP contribution >= 0.6 is 0 Å². The van der Waals surface area contributed by atoms with Gasteiger partial charge >= 0.3 is 0 Å². The summed E-state index contributed by atoms with van der Waals surface area (Å²) in [6.07, 6.45) is 0. The molecule has 0 radical (unpaired) electrons. The lowest BCUT2D eigenvalue weighted by Gasteiger charge is -2.14. The molecular formula is C38H22N4. The summed E-state index contributed by atoms with van der Waals surface area (Å²) < 4.78 is 4.58. The third kappa shape index (κ3) is 3.47. The van der Waals surface area contributed by atoms with Crippen LogP contribution in [0.15, 0.2) is 133 Å². The second-order valence-electron chi connectivity index (χ2n) is 10.5. The highest BCUT2D eigenvalue weighted by atomic mass is 15.0. The Morgan fingerprint density at radius 1 is 0.429 bits per heavy atom. The predicted molar refractivity (Wildman–Crippen MR) is 170 cm³/mol. The van der Waals surface area contributed by atoms with Crippen LogP contribution in [0.3, 0.4) is 0 Å². The van der Waals surface area contributed by atoms with Crippen molar-refractivity contribution in [1.29, 1.82) is 10.5 Å². The lowest BCUT2D eigenvalue weighted by atomic mass is 10.0. The van der Waals surface area contributed by atoms with E-state index in [4.69, 9.17) is 0 Å². The van der Waals surface area contributed by atoms with E-state index in [0.29, 0.717) is 11.1 Å². The third-order valence-corrected chi connectivity index (χ3v) is 8.17. The average molecular weight is 535 g/mol. The molecule has 0 fully saturated rings. The fourth-order valence-corrected chi connectivity index (χ4v) is 6.34. The smallest absolute Gasteiger partial charge is 0.0991 e. The van der Waals surface area contributed by atoms with Gasteiger partial charge in [0.1, 0.15) is 0 Å². The number of para-hydroxylation sites is 3. The fraction of sp³-hybridized carbons (Fsp3) is 0. The summed E-state index contributed by atoms with van der Waals surface area (Å²) in [4.78, 5) is 0. The van der Waals surface area contributed by atoms with Crippen LogP contribution in [0.2, 0.25) is 0 Å². The summed E-state index contributed by atoms with van der Waals surface area (Å²) in [5.41, 5.74) is 9.90. The van der Waals surface area contributed by atoms with E-state index in [0.717, 1.165) is 44.3 Å². The lowest BCUT2D eigenvalue weighted by molar-refractivity contribution is 1.17. The first-order valence-electron chi connectivity index (χ1n) is 13.8. The van der Waals surface area contributed by atoms with E-state index in [1.165, 1.54) is 21.8 Å². The molecule has 4 heteroatoms. The summed E-state index contributed by atoms with van der Waals surface area (Å²) in [5, 5.41) is 23.6. The van der Waals surface area contributed by atoms with E-state index >= 15 is 0 Å². The molecule has 2 aromatic heterocycles. The van der Waals surface area contributed by atoms with Crippen LogP contribution in [0.5, 0.6) is 0 Å². The monoisotopic (exact) mass is 534 g/mol. The number of hydrogen-bond acceptors (Lipinski definition) is 2. The van der Waals surface area contributed by atoms with Gasteiger partial charge in [0, 0.05) is 38.5 Å². The van der Waals surface area contributed by atoms with Gasteiger partial charge in [-0.05, 0) is 72.3 Å². The molecule has 0 amide bonds. The summed E-state index contributed by atoms with van der Waals surface area (Å²) in [6, 6.07) is 50.2. The SMILES string of the molecule is N#Cc1ccc(-n2c3ccc(C#N)cc3c3cccc(-c4cccc(-n5c6ccccc6c6ccccc65)c4)c32)cc1. The van der Waals surface area contributed by atoms with Crippen molar-refractivity contribution < 1.29 is 0 Å². The van der Waals surface area contributed by atoms with E-state index in [1.54, 1.807) is 0 Å². The van der Waals surface area contributed by atoms with Crippen molar-refractivity contribution in [3.63, 3.8) is 0 Å². The molecule has 2 heterocycles. The van der Waals surface area contributed by atoms with Crippen molar-refractivity contribution in [2.24, 2.45) is 0 Å². The summed E-state index contributed by atoms with van der Waals surface area (Å²) >= 11 is 0. The van der Waals surface area contributed by atoms with Gasteiger partial charge < -0.3 is 9.13 Å². The van der Waals surface area contributed by atoms with Gasteiger partial charge in [-0.25, -0.2) is 0 Å². The van der Waals surface area contributed by atoms with Crippen molar-refractivity contribution in [2.45, 2.75) is 0 Å². The molecule has 0 aliphatic carbocycles. The minimum atomic E-state index is 0.616. The van der Waals surface area contributed by atoms with Gasteiger partial charge in [0.2, 0.25) is 0 Å². The standard InChI is InChI=1S/C38H22N4/c39-23-25-15-18-28(19-16-25)42-37-20-17-26(24-40)21-34(37)33-12-6-11-30(38(33)42)27-7-5-8-29(22-27)41-35-13-3-1-9-31(35)32-10-2-4-14-36(32)41/h1-22H. The van der Waals surface area contributed by atoms with Crippen molar-refractivity contribution in [3.05, 3.63) is 145 Å². The van der Waals surface area contributed by atoms with Gasteiger partial charge in [-0.15, -0.1) is 0 Å². The number of fused-ring (bicyclic) bond motifs is 6. The quantitative estimate of drug-likeness (QED) is 0.227. The van der Waals surface area contributed by atoms with Crippen LogP contribution in [0, 0.1) is 22.7 Å². The second kappa shape index (κ2) is 9.24. The number of hydrogen-bond donors (Lipinski definition) is 0. The highest BCUT2D eigenvalue weighted by molar-refractivity contribution is 6.14. The molecule has 6 aromatic carbocycles. The molecular weight excluding hydrogens is 512 g/mol. The fourth-order valence-electron chi connectivity index (χ4n) is 6.34. The maximum absolute atomic E-state index is 9.67. The first kappa shape index (κ1) is 23.8. The zero-order valence-corrected chi connectivity index (χ0v) is 22.5. The lowest BCUT2D eigenvalue weighted by Crippen LogP contribution is -1.97. The third-order valence-electron chi connectivity index (χ3n) is 8.17. The zero-order valence-electron chi connectivity index (χ0n) is 22.5. The molecule has 194 valence electrons. The molecule has 0 saturated heterocycles. The molecule has 0 N–H and O–H groups in total. The van der Waals surface area contributed by atoms with Crippen LogP contribution in [-0.4, -0.2) is 9.13 Å². The van der Waals surface area contributed by atoms with E-state index in [-0.39, 0.29) is 0 Å². The van der Waals surface area contributed by atoms with E-state index in [1.807, 2.05) is 42.5 Å². The topological polar surface area (TPSA) is 57.4 Å². The maximum Gasteiger partial charge on any atom is 0.0991 e. The summed E-state index contributed by atoms with van der Waals surface area (Å²) in [6.45, 7) is 0. The second-order valence-corrected chi connectivity index (χ2v) is 10.5. The van der Waals surface area contributed by atoms with Crippen LogP contribution in [0.4, 0.5) is 0 Å². The molecule has 0 atom stereocenters. The first-order chi connectivity index (χ1) is 20.7. The van der Waals surface area contributed by atoms with Crippen LogP contribution in [0.25, 0.3) is 66.1 Å². The van der Waals surface area contributed by atoms with Gasteiger partial charge in [-0.2, -0.15) is 10.5 Å². The van der Waals surface area contributed by atoms with Crippen molar-refractivity contribution in [3.8, 4) is 34.6 Å². The Bertz CT molecular complexity index is 2370. The molecule has 8 rings (SSSR count). The van der Waals surface area contributed by atoms with E-state index in [2.05, 4.69) is 112 Å². The Morgan fingerprint density at radius 2 is 1.05 bits per heavy atom. The van der Waals surface area contributed by atoms with Gasteiger partial charge in [0.05, 0.1) is 45.3 Å². The Balaban J connectivity index is 1.43. The Labute approximate surface area is 242 Å². The van der Waals surface area contributed by atoms with Gasteiger partial charge in [-0.1, -0.05) is 66.7 Å². The highest BCUT2D eigenvalue weighted by Crippen LogP contribution is 2.40. The minimum Gasteiger partial charge on any atom is -0.309 e. The molecule has 0 saturated carbocycles. The number of nitrogens with zero attached hydrogens (tertiary/aromatic N) is 4. The van der Waals surface area contributed by atoms with Crippen molar-refractivity contribution in [1.82, 2.24) is 9.13 Å². The summed E-state index contributed by atoms with van der Waals surface area (Å²) in [7, 11) is 0. The number of nitriles is 2. The number of benzene rings is 6. The predicted octanol–water partition coefficient (Wildman–Crippen LogP) is 9.29. The largest absolute Gasteiger partial charge is 0.309 e. The van der Waals surface area contributed by atoms with E-state index < -0.39 is 0 Å². The minimum absolute atomic E-state index is 0.616. The van der Waals surface area contributed by atoms with E-state index in [9.17, 15) is 10.5 Å². The molecule has 0 aliphatic rings. The van der Waals surface area contributed by atoms with Crippen molar-refractivity contribution >= 4 is 43.6 Å². The molecule has 0 bridgehead atoms. The normalized spacial score (nSPS) is 11.3. The Kier molecular flexibility index (Phi) is 5.22. The molecule has 4 nitrogen and oxygen atoms in total. The molecule has 0 unspecified atom stereocenters. The Morgan fingerprint density at radius 3 is 1.76 bits per heavy atom. The first-order valence-corrected chi connectivity index (χ1v) is 13.8. The molecule has 0 aliphatic heterocycles.